The summed E-state index contributed by atoms with van der Waals surface area (Å²) in [6, 6.07) is 9.85. The molecule has 0 bridgehead atoms. The van der Waals surface area contributed by atoms with Crippen molar-refractivity contribution in [1.82, 2.24) is 0 Å². The van der Waals surface area contributed by atoms with Gasteiger partial charge in [-0.1, -0.05) is 26.0 Å². The Bertz CT molecular complexity index is 405. The number of nitrogens with zero attached hydrogens (tertiary/aromatic N) is 2. The van der Waals surface area contributed by atoms with Crippen molar-refractivity contribution in [1.29, 1.82) is 10.5 Å². The molecular formula is C12H12N2. The van der Waals surface area contributed by atoms with Gasteiger partial charge in [-0.05, 0) is 23.1 Å². The highest BCUT2D eigenvalue weighted by molar-refractivity contribution is 5.42. The van der Waals surface area contributed by atoms with Crippen molar-refractivity contribution in [3.63, 3.8) is 0 Å². The molecule has 0 unspecified atom stereocenters. The van der Waals surface area contributed by atoms with Crippen LogP contribution in [0, 0.1) is 22.7 Å². The molecule has 0 saturated carbocycles. The molecular weight excluding hydrogens is 172 g/mol. The minimum Gasteiger partial charge on any atom is -0.198 e. The van der Waals surface area contributed by atoms with Crippen LogP contribution in [0.25, 0.3) is 0 Å². The minimum atomic E-state index is 0.322. The molecule has 0 fully saturated rings. The third-order valence-electron chi connectivity index (χ3n) is 2.14. The molecule has 2 nitrogen and oxygen atoms in total. The molecule has 70 valence electrons. The van der Waals surface area contributed by atoms with Gasteiger partial charge in [0.05, 0.1) is 24.1 Å². The zero-order chi connectivity index (χ0) is 10.6. The van der Waals surface area contributed by atoms with Gasteiger partial charge in [-0.2, -0.15) is 10.5 Å². The Morgan fingerprint density at radius 1 is 1.29 bits per heavy atom. The smallest absolute Gasteiger partial charge is 0.0994 e. The van der Waals surface area contributed by atoms with Gasteiger partial charge in [0.15, 0.2) is 0 Å². The average Bonchev–Trinajstić information content (AvgIpc) is 2.18. The quantitative estimate of drug-likeness (QED) is 0.709. The molecule has 0 N–H and O–H groups in total. The molecule has 14 heavy (non-hydrogen) atoms. The fourth-order valence-electron chi connectivity index (χ4n) is 1.39. The molecule has 0 saturated heterocycles. The van der Waals surface area contributed by atoms with Crippen molar-refractivity contribution in [3.8, 4) is 12.1 Å². The molecule has 0 amide bonds. The standard InChI is InChI=1S/C12H12N2/c1-9(2)12-7-10(5-6-13)3-4-11(12)8-14/h3-4,7,9H,5H2,1-2H3. The van der Waals surface area contributed by atoms with E-state index in [0.717, 1.165) is 11.1 Å². The molecule has 2 heteroatoms. The van der Waals surface area contributed by atoms with Gasteiger partial charge in [-0.25, -0.2) is 0 Å². The van der Waals surface area contributed by atoms with Gasteiger partial charge in [0.1, 0.15) is 0 Å². The second kappa shape index (κ2) is 4.44. The third-order valence-corrected chi connectivity index (χ3v) is 2.14. The van der Waals surface area contributed by atoms with E-state index in [1.165, 1.54) is 0 Å². The summed E-state index contributed by atoms with van der Waals surface area (Å²) in [5.74, 6) is 0.322. The summed E-state index contributed by atoms with van der Waals surface area (Å²) in [6.45, 7) is 4.10. The highest BCUT2D eigenvalue weighted by Crippen LogP contribution is 2.20. The largest absolute Gasteiger partial charge is 0.198 e. The summed E-state index contributed by atoms with van der Waals surface area (Å²) < 4.78 is 0. The Kier molecular flexibility index (Phi) is 3.26. The first-order valence-electron chi connectivity index (χ1n) is 4.59. The van der Waals surface area contributed by atoms with Crippen LogP contribution in [-0.2, 0) is 6.42 Å². The maximum Gasteiger partial charge on any atom is 0.0994 e. The van der Waals surface area contributed by atoms with E-state index < -0.39 is 0 Å². The lowest BCUT2D eigenvalue weighted by Gasteiger charge is -2.08. The van der Waals surface area contributed by atoms with Gasteiger partial charge in [0.2, 0.25) is 0 Å². The maximum atomic E-state index is 8.87. The van der Waals surface area contributed by atoms with Crippen LogP contribution in [-0.4, -0.2) is 0 Å². The molecule has 1 aromatic carbocycles. The lowest BCUT2D eigenvalue weighted by molar-refractivity contribution is 0.859. The van der Waals surface area contributed by atoms with Crippen molar-refractivity contribution in [2.24, 2.45) is 0 Å². The zero-order valence-electron chi connectivity index (χ0n) is 8.41. The van der Waals surface area contributed by atoms with Gasteiger partial charge in [-0.3, -0.25) is 0 Å². The van der Waals surface area contributed by atoms with Crippen LogP contribution < -0.4 is 0 Å². The van der Waals surface area contributed by atoms with Crippen LogP contribution in [0.3, 0.4) is 0 Å². The average molecular weight is 184 g/mol. The van der Waals surface area contributed by atoms with Crippen LogP contribution in [0.1, 0.15) is 36.5 Å². The van der Waals surface area contributed by atoms with Crippen LogP contribution in [0.15, 0.2) is 18.2 Å². The molecule has 0 aliphatic carbocycles. The topological polar surface area (TPSA) is 47.6 Å². The number of nitriles is 2. The third kappa shape index (κ3) is 2.12. The Morgan fingerprint density at radius 2 is 2.00 bits per heavy atom. The van der Waals surface area contributed by atoms with E-state index >= 15 is 0 Å². The predicted octanol–water partition coefficient (Wildman–Crippen LogP) is 2.75. The summed E-state index contributed by atoms with van der Waals surface area (Å²) in [5, 5.41) is 17.4. The van der Waals surface area contributed by atoms with Crippen LogP contribution in [0.4, 0.5) is 0 Å². The lowest BCUT2D eigenvalue weighted by atomic mass is 9.95. The molecule has 0 heterocycles. The van der Waals surface area contributed by atoms with Gasteiger partial charge < -0.3 is 0 Å². The van der Waals surface area contributed by atoms with E-state index in [1.54, 1.807) is 6.07 Å². The number of hydrogen-bond acceptors (Lipinski definition) is 2. The molecule has 0 atom stereocenters. The number of hydrogen-bond donors (Lipinski definition) is 0. The fourth-order valence-corrected chi connectivity index (χ4v) is 1.39. The summed E-state index contributed by atoms with van der Waals surface area (Å²) in [7, 11) is 0. The molecule has 0 radical (unpaired) electrons. The normalized spacial score (nSPS) is 9.50. The Hall–Kier alpha value is -1.80. The number of rotatable bonds is 2. The first-order valence-corrected chi connectivity index (χ1v) is 4.59. The van der Waals surface area contributed by atoms with Crippen LogP contribution in [0.2, 0.25) is 0 Å². The van der Waals surface area contributed by atoms with Crippen molar-refractivity contribution >= 4 is 0 Å². The Balaban J connectivity index is 3.17. The molecule has 0 spiro atoms. The Labute approximate surface area is 84.4 Å². The number of benzene rings is 1. The first kappa shape index (κ1) is 10.3. The summed E-state index contributed by atoms with van der Waals surface area (Å²) >= 11 is 0. The summed E-state index contributed by atoms with van der Waals surface area (Å²) in [5.41, 5.74) is 2.72. The maximum absolute atomic E-state index is 8.87. The predicted molar refractivity (Wildman–Crippen MR) is 54.6 cm³/mol. The molecule has 1 aromatic rings. The summed E-state index contributed by atoms with van der Waals surface area (Å²) in [4.78, 5) is 0. The van der Waals surface area contributed by atoms with Gasteiger partial charge in [0.25, 0.3) is 0 Å². The second-order valence-corrected chi connectivity index (χ2v) is 3.52. The highest BCUT2D eigenvalue weighted by Gasteiger charge is 2.06. The SMILES string of the molecule is CC(C)c1cc(CC#N)ccc1C#N. The van der Waals surface area contributed by atoms with E-state index in [0.29, 0.717) is 17.9 Å². The van der Waals surface area contributed by atoms with Crippen LogP contribution >= 0.6 is 0 Å². The van der Waals surface area contributed by atoms with Gasteiger partial charge >= 0.3 is 0 Å². The van der Waals surface area contributed by atoms with Crippen molar-refractivity contribution in [2.45, 2.75) is 26.2 Å². The van der Waals surface area contributed by atoms with Crippen LogP contribution in [0.5, 0.6) is 0 Å². The molecule has 0 aromatic heterocycles. The molecule has 0 aliphatic rings. The van der Waals surface area contributed by atoms with Gasteiger partial charge in [0, 0.05) is 0 Å². The minimum absolute atomic E-state index is 0.322. The zero-order valence-corrected chi connectivity index (χ0v) is 8.41. The van der Waals surface area contributed by atoms with E-state index in [-0.39, 0.29) is 0 Å². The van der Waals surface area contributed by atoms with Crippen molar-refractivity contribution < 1.29 is 0 Å². The first-order chi connectivity index (χ1) is 6.69. The van der Waals surface area contributed by atoms with E-state index in [4.69, 9.17) is 10.5 Å². The van der Waals surface area contributed by atoms with E-state index in [2.05, 4.69) is 12.1 Å². The fraction of sp³-hybridized carbons (Fsp3) is 0.333. The van der Waals surface area contributed by atoms with E-state index in [1.807, 2.05) is 26.0 Å². The summed E-state index contributed by atoms with van der Waals surface area (Å²) in [6.07, 6.45) is 0.408. The van der Waals surface area contributed by atoms with E-state index in [9.17, 15) is 0 Å². The monoisotopic (exact) mass is 184 g/mol. The van der Waals surface area contributed by atoms with Crippen molar-refractivity contribution in [3.05, 3.63) is 34.9 Å². The second-order valence-electron chi connectivity index (χ2n) is 3.52. The molecule has 1 rings (SSSR count). The van der Waals surface area contributed by atoms with Gasteiger partial charge in [-0.15, -0.1) is 0 Å². The molecule has 0 aliphatic heterocycles. The highest BCUT2D eigenvalue weighted by atomic mass is 14.3. The Morgan fingerprint density at radius 3 is 2.50 bits per heavy atom. The van der Waals surface area contributed by atoms with Crippen molar-refractivity contribution in [2.75, 3.05) is 0 Å². The lowest BCUT2D eigenvalue weighted by Crippen LogP contribution is -1.95.